The first-order valence-electron chi connectivity index (χ1n) is 12.2. The largest absolute Gasteiger partial charge is 0.497 e. The SMILES string of the molecule is CNc1ccc(S(=O)(=O)Nc2nc3ccccc3nc2Nc2cc(OC)cc(OC)c2OCCC(C)O)cc1. The summed E-state index contributed by atoms with van der Waals surface area (Å²) >= 11 is 0. The second-order valence-electron chi connectivity index (χ2n) is 8.61. The number of anilines is 4. The molecule has 0 saturated heterocycles. The van der Waals surface area contributed by atoms with Crippen LogP contribution >= 0.6 is 0 Å². The van der Waals surface area contributed by atoms with E-state index in [0.29, 0.717) is 40.4 Å². The van der Waals surface area contributed by atoms with E-state index in [0.717, 1.165) is 5.69 Å². The van der Waals surface area contributed by atoms with Crippen LogP contribution in [-0.2, 0) is 10.0 Å². The number of sulfonamides is 1. The molecule has 1 unspecified atom stereocenters. The second kappa shape index (κ2) is 12.0. The van der Waals surface area contributed by atoms with Gasteiger partial charge in [-0.15, -0.1) is 0 Å². The zero-order valence-electron chi connectivity index (χ0n) is 22.1. The molecule has 0 aliphatic rings. The molecule has 11 nitrogen and oxygen atoms in total. The predicted octanol–water partition coefficient (Wildman–Crippen LogP) is 4.38. The van der Waals surface area contributed by atoms with Crippen LogP contribution in [0.25, 0.3) is 11.0 Å². The van der Waals surface area contributed by atoms with Gasteiger partial charge in [-0.2, -0.15) is 0 Å². The molecule has 3 aromatic carbocycles. The summed E-state index contributed by atoms with van der Waals surface area (Å²) in [7, 11) is 0.750. The molecule has 206 valence electrons. The molecule has 0 amide bonds. The molecule has 0 saturated carbocycles. The number of hydrogen-bond acceptors (Lipinski definition) is 10. The topological polar surface area (TPSA) is 144 Å². The number of aliphatic hydroxyl groups is 1. The van der Waals surface area contributed by atoms with E-state index < -0.39 is 16.1 Å². The van der Waals surface area contributed by atoms with Crippen LogP contribution in [0.1, 0.15) is 13.3 Å². The molecule has 0 spiro atoms. The number of nitrogens with one attached hydrogen (secondary N) is 3. The Labute approximate surface area is 227 Å². The first kappa shape index (κ1) is 27.7. The fraction of sp³-hybridized carbons (Fsp3) is 0.259. The fourth-order valence-electron chi connectivity index (χ4n) is 3.69. The van der Waals surface area contributed by atoms with Crippen molar-refractivity contribution in [2.75, 3.05) is 43.2 Å². The van der Waals surface area contributed by atoms with Crippen LogP contribution in [0.4, 0.5) is 23.0 Å². The zero-order valence-corrected chi connectivity index (χ0v) is 22.9. The molecule has 0 aliphatic carbocycles. The van der Waals surface area contributed by atoms with Crippen molar-refractivity contribution in [1.82, 2.24) is 9.97 Å². The van der Waals surface area contributed by atoms with Crippen LogP contribution in [0, 0.1) is 0 Å². The molecule has 1 heterocycles. The summed E-state index contributed by atoms with van der Waals surface area (Å²) in [5.74, 6) is 1.31. The molecule has 0 fully saturated rings. The number of fused-ring (bicyclic) bond motifs is 1. The Morgan fingerprint density at radius 2 is 1.62 bits per heavy atom. The van der Waals surface area contributed by atoms with Crippen LogP contribution < -0.4 is 29.6 Å². The van der Waals surface area contributed by atoms with E-state index in [9.17, 15) is 13.5 Å². The van der Waals surface area contributed by atoms with E-state index >= 15 is 0 Å². The number of aromatic nitrogens is 2. The highest BCUT2D eigenvalue weighted by molar-refractivity contribution is 7.92. The molecular formula is C27H31N5O6S. The highest BCUT2D eigenvalue weighted by Crippen LogP contribution is 2.42. The maximum atomic E-state index is 13.3. The molecule has 4 rings (SSSR count). The quantitative estimate of drug-likeness (QED) is 0.199. The maximum absolute atomic E-state index is 13.3. The number of nitrogens with zero attached hydrogens (tertiary/aromatic N) is 2. The lowest BCUT2D eigenvalue weighted by molar-refractivity contribution is 0.154. The summed E-state index contributed by atoms with van der Waals surface area (Å²) in [6.45, 7) is 1.88. The summed E-state index contributed by atoms with van der Waals surface area (Å²) in [4.78, 5) is 9.26. The maximum Gasteiger partial charge on any atom is 0.263 e. The van der Waals surface area contributed by atoms with Crippen LogP contribution in [0.5, 0.6) is 17.2 Å². The monoisotopic (exact) mass is 553 g/mol. The molecule has 39 heavy (non-hydrogen) atoms. The van der Waals surface area contributed by atoms with E-state index in [1.165, 1.54) is 26.4 Å². The van der Waals surface area contributed by atoms with Gasteiger partial charge in [0.2, 0.25) is 0 Å². The van der Waals surface area contributed by atoms with Crippen molar-refractivity contribution in [1.29, 1.82) is 0 Å². The van der Waals surface area contributed by atoms with Gasteiger partial charge >= 0.3 is 0 Å². The minimum absolute atomic E-state index is 0.0110. The van der Waals surface area contributed by atoms with Crippen molar-refractivity contribution in [3.63, 3.8) is 0 Å². The molecular weight excluding hydrogens is 522 g/mol. The van der Waals surface area contributed by atoms with Gasteiger partial charge in [-0.05, 0) is 43.3 Å². The minimum atomic E-state index is -4.01. The van der Waals surface area contributed by atoms with Gasteiger partial charge in [-0.25, -0.2) is 18.4 Å². The average Bonchev–Trinajstić information content (AvgIpc) is 2.93. The first-order valence-corrected chi connectivity index (χ1v) is 13.6. The van der Waals surface area contributed by atoms with Gasteiger partial charge in [0, 0.05) is 31.3 Å². The molecule has 4 aromatic rings. The summed E-state index contributed by atoms with van der Waals surface area (Å²) < 4.78 is 46.1. The number of hydrogen-bond donors (Lipinski definition) is 4. The Morgan fingerprint density at radius 3 is 2.21 bits per heavy atom. The molecule has 0 bridgehead atoms. The fourth-order valence-corrected chi connectivity index (χ4v) is 4.70. The molecule has 0 radical (unpaired) electrons. The number of para-hydroxylation sites is 2. The minimum Gasteiger partial charge on any atom is -0.497 e. The van der Waals surface area contributed by atoms with Crippen LogP contribution in [-0.4, -0.2) is 57.5 Å². The molecule has 1 aromatic heterocycles. The molecule has 4 N–H and O–H groups in total. The van der Waals surface area contributed by atoms with Gasteiger partial charge in [0.15, 0.2) is 23.1 Å². The standard InChI is InChI=1S/C27H31N5O6S/c1-17(33)13-14-38-25-23(15-19(36-3)16-24(25)37-4)31-26-27(30-22-8-6-5-7-21(22)29-26)32-39(34,35)20-11-9-18(28-2)10-12-20/h5-12,15-17,28,33H,13-14H2,1-4H3,(H,29,31)(H,30,32). The third-order valence-electron chi connectivity index (χ3n) is 5.77. The van der Waals surface area contributed by atoms with Crippen LogP contribution in [0.2, 0.25) is 0 Å². The molecule has 1 atom stereocenters. The Kier molecular flexibility index (Phi) is 8.57. The van der Waals surface area contributed by atoms with Gasteiger partial charge in [-0.1, -0.05) is 12.1 Å². The smallest absolute Gasteiger partial charge is 0.263 e. The number of methoxy groups -OCH3 is 2. The van der Waals surface area contributed by atoms with Crippen molar-refractivity contribution in [3.05, 3.63) is 60.7 Å². The lowest BCUT2D eigenvalue weighted by atomic mass is 10.2. The Balaban J connectivity index is 1.79. The number of benzene rings is 3. The number of aliphatic hydroxyl groups excluding tert-OH is 1. The van der Waals surface area contributed by atoms with E-state index in [-0.39, 0.29) is 23.1 Å². The van der Waals surface area contributed by atoms with Crippen LogP contribution in [0.15, 0.2) is 65.6 Å². The van der Waals surface area contributed by atoms with Crippen molar-refractivity contribution in [2.45, 2.75) is 24.3 Å². The Bertz CT molecular complexity index is 1540. The first-order chi connectivity index (χ1) is 18.7. The lowest BCUT2D eigenvalue weighted by Crippen LogP contribution is -2.16. The summed E-state index contributed by atoms with van der Waals surface area (Å²) in [6.07, 6.45) is -0.165. The van der Waals surface area contributed by atoms with E-state index in [4.69, 9.17) is 14.2 Å². The lowest BCUT2D eigenvalue weighted by Gasteiger charge is -2.19. The predicted molar refractivity (Wildman–Crippen MR) is 151 cm³/mol. The van der Waals surface area contributed by atoms with E-state index in [2.05, 4.69) is 25.3 Å². The van der Waals surface area contributed by atoms with Gasteiger partial charge in [-0.3, -0.25) is 4.72 Å². The highest BCUT2D eigenvalue weighted by atomic mass is 32.2. The third-order valence-corrected chi connectivity index (χ3v) is 7.13. The summed E-state index contributed by atoms with van der Waals surface area (Å²) in [6, 6.07) is 16.8. The zero-order chi connectivity index (χ0) is 28.0. The number of rotatable bonds is 12. The van der Waals surface area contributed by atoms with Gasteiger partial charge < -0.3 is 30.0 Å². The molecule has 12 heteroatoms. The van der Waals surface area contributed by atoms with Crippen molar-refractivity contribution in [3.8, 4) is 17.2 Å². The summed E-state index contributed by atoms with van der Waals surface area (Å²) in [5, 5.41) is 15.8. The molecule has 0 aliphatic heterocycles. The van der Waals surface area contributed by atoms with Crippen molar-refractivity contribution in [2.24, 2.45) is 0 Å². The third kappa shape index (κ3) is 6.59. The van der Waals surface area contributed by atoms with E-state index in [1.807, 2.05) is 6.07 Å². The normalized spacial score (nSPS) is 12.0. The number of ether oxygens (including phenoxy) is 3. The highest BCUT2D eigenvalue weighted by Gasteiger charge is 2.22. The Morgan fingerprint density at radius 1 is 0.949 bits per heavy atom. The van der Waals surface area contributed by atoms with Crippen molar-refractivity contribution < 1.29 is 27.7 Å². The van der Waals surface area contributed by atoms with E-state index in [1.54, 1.807) is 56.4 Å². The van der Waals surface area contributed by atoms with Gasteiger partial charge in [0.25, 0.3) is 10.0 Å². The van der Waals surface area contributed by atoms with Gasteiger partial charge in [0.05, 0.1) is 48.5 Å². The Hall–Kier alpha value is -4.29. The van der Waals surface area contributed by atoms with Gasteiger partial charge in [0.1, 0.15) is 5.75 Å². The average molecular weight is 554 g/mol. The van der Waals surface area contributed by atoms with Crippen molar-refractivity contribution >= 4 is 44.1 Å². The second-order valence-corrected chi connectivity index (χ2v) is 10.3. The van der Waals surface area contributed by atoms with Crippen LogP contribution in [0.3, 0.4) is 0 Å². The summed E-state index contributed by atoms with van der Waals surface area (Å²) in [5.41, 5.74) is 2.23.